The molecule has 1 N–H and O–H groups in total. The van der Waals surface area contributed by atoms with Crippen LogP contribution in [0.4, 0.5) is 0 Å². The van der Waals surface area contributed by atoms with E-state index in [0.29, 0.717) is 6.04 Å². The van der Waals surface area contributed by atoms with Crippen molar-refractivity contribution in [3.05, 3.63) is 47.3 Å². The molecule has 21 heavy (non-hydrogen) atoms. The first-order valence-electron chi connectivity index (χ1n) is 7.60. The molecule has 2 aromatic rings. The zero-order valence-corrected chi connectivity index (χ0v) is 13.9. The summed E-state index contributed by atoms with van der Waals surface area (Å²) in [6.45, 7) is 7.25. The van der Waals surface area contributed by atoms with Crippen molar-refractivity contribution in [2.45, 2.75) is 44.9 Å². The van der Waals surface area contributed by atoms with E-state index >= 15 is 0 Å². The Labute approximate surface area is 131 Å². The van der Waals surface area contributed by atoms with Crippen LogP contribution in [0.15, 0.2) is 40.2 Å². The number of hydrogen-bond donors (Lipinski definition) is 1. The average Bonchev–Trinajstić information content (AvgIpc) is 2.90. The van der Waals surface area contributed by atoms with Crippen LogP contribution in [-0.2, 0) is 6.42 Å². The van der Waals surface area contributed by atoms with Gasteiger partial charge in [-0.15, -0.1) is 0 Å². The Morgan fingerprint density at radius 2 is 2.00 bits per heavy atom. The maximum atomic E-state index is 5.40. The molecule has 0 saturated carbocycles. The molecule has 0 aliphatic heterocycles. The first-order chi connectivity index (χ1) is 10.2. The monoisotopic (exact) mass is 304 g/mol. The standard InChI is InChI=1S/C17H24N2OS/c1-4-6-14-7-9-15(10-8-14)16(18-5-2)12-21-17-19-13(3)11-20-17/h7-11,16,18H,4-6,12H2,1-3H3. The maximum Gasteiger partial charge on any atom is 0.255 e. The van der Waals surface area contributed by atoms with E-state index in [1.54, 1.807) is 18.0 Å². The number of nitrogens with one attached hydrogen (secondary N) is 1. The third kappa shape index (κ3) is 4.90. The Balaban J connectivity index is 2.00. The summed E-state index contributed by atoms with van der Waals surface area (Å²) >= 11 is 1.66. The van der Waals surface area contributed by atoms with Crippen LogP contribution in [0.3, 0.4) is 0 Å². The molecule has 1 aromatic heterocycles. The fraction of sp³-hybridized carbons (Fsp3) is 0.471. The minimum absolute atomic E-state index is 0.322. The Morgan fingerprint density at radius 1 is 1.24 bits per heavy atom. The topological polar surface area (TPSA) is 38.1 Å². The molecule has 1 unspecified atom stereocenters. The molecule has 1 aromatic carbocycles. The fourth-order valence-corrected chi connectivity index (χ4v) is 3.22. The van der Waals surface area contributed by atoms with Gasteiger partial charge in [-0.2, -0.15) is 0 Å². The minimum Gasteiger partial charge on any atom is -0.440 e. The number of aromatic nitrogens is 1. The molecular formula is C17H24N2OS. The molecule has 0 fully saturated rings. The number of nitrogens with zero attached hydrogens (tertiary/aromatic N) is 1. The number of thioether (sulfide) groups is 1. The van der Waals surface area contributed by atoms with Crippen molar-refractivity contribution in [3.63, 3.8) is 0 Å². The van der Waals surface area contributed by atoms with E-state index in [2.05, 4.69) is 48.4 Å². The third-order valence-electron chi connectivity index (χ3n) is 3.34. The third-order valence-corrected chi connectivity index (χ3v) is 4.28. The van der Waals surface area contributed by atoms with Gasteiger partial charge in [0.15, 0.2) is 0 Å². The Bertz CT molecular complexity index is 536. The molecule has 0 amide bonds. The molecule has 0 aliphatic carbocycles. The van der Waals surface area contributed by atoms with E-state index in [0.717, 1.165) is 29.6 Å². The second-order valence-corrected chi connectivity index (χ2v) is 6.14. The first-order valence-corrected chi connectivity index (χ1v) is 8.58. The molecule has 3 nitrogen and oxygen atoms in total. The van der Waals surface area contributed by atoms with Crippen molar-refractivity contribution >= 4 is 11.8 Å². The highest BCUT2D eigenvalue weighted by atomic mass is 32.2. The molecule has 2 rings (SSSR count). The Hall–Kier alpha value is -1.26. The van der Waals surface area contributed by atoms with Crippen molar-refractivity contribution in [2.24, 2.45) is 0 Å². The summed E-state index contributed by atoms with van der Waals surface area (Å²) in [5, 5.41) is 4.29. The van der Waals surface area contributed by atoms with Gasteiger partial charge in [0.05, 0.1) is 5.69 Å². The number of hydrogen-bond acceptors (Lipinski definition) is 4. The molecule has 0 spiro atoms. The molecule has 1 atom stereocenters. The predicted molar refractivity (Wildman–Crippen MR) is 88.8 cm³/mol. The van der Waals surface area contributed by atoms with Gasteiger partial charge >= 0.3 is 0 Å². The Kier molecular flexibility index (Phi) is 6.33. The SMILES string of the molecule is CCCc1ccc(C(CSc2nc(C)co2)NCC)cc1. The van der Waals surface area contributed by atoms with E-state index in [4.69, 9.17) is 4.42 Å². The normalized spacial score (nSPS) is 12.5. The number of benzene rings is 1. The lowest BCUT2D eigenvalue weighted by Gasteiger charge is -2.17. The molecule has 4 heteroatoms. The smallest absolute Gasteiger partial charge is 0.255 e. The molecular weight excluding hydrogens is 280 g/mol. The maximum absolute atomic E-state index is 5.40. The second kappa shape index (κ2) is 8.25. The number of oxazole rings is 1. The molecule has 1 heterocycles. The second-order valence-electron chi connectivity index (χ2n) is 5.17. The molecule has 114 valence electrons. The van der Waals surface area contributed by atoms with Gasteiger partial charge < -0.3 is 9.73 Å². The molecule has 0 radical (unpaired) electrons. The lowest BCUT2D eigenvalue weighted by atomic mass is 10.0. The zero-order chi connectivity index (χ0) is 15.1. The van der Waals surface area contributed by atoms with Gasteiger partial charge in [0.1, 0.15) is 6.26 Å². The lowest BCUT2D eigenvalue weighted by molar-refractivity contribution is 0.453. The Morgan fingerprint density at radius 3 is 2.57 bits per heavy atom. The van der Waals surface area contributed by atoms with Gasteiger partial charge in [-0.05, 0) is 31.0 Å². The summed E-state index contributed by atoms with van der Waals surface area (Å²) in [6.07, 6.45) is 4.04. The van der Waals surface area contributed by atoms with Crippen LogP contribution in [0.1, 0.15) is 43.1 Å². The summed E-state index contributed by atoms with van der Waals surface area (Å²) in [6, 6.07) is 9.27. The van der Waals surface area contributed by atoms with E-state index < -0.39 is 0 Å². The highest BCUT2D eigenvalue weighted by molar-refractivity contribution is 7.99. The van der Waals surface area contributed by atoms with Gasteiger partial charge in [0.25, 0.3) is 5.22 Å². The summed E-state index contributed by atoms with van der Waals surface area (Å²) in [4.78, 5) is 4.34. The van der Waals surface area contributed by atoms with Crippen LogP contribution >= 0.6 is 11.8 Å². The van der Waals surface area contributed by atoms with Crippen LogP contribution in [-0.4, -0.2) is 17.3 Å². The molecule has 0 aliphatic rings. The average molecular weight is 304 g/mol. The van der Waals surface area contributed by atoms with Crippen LogP contribution in [0.5, 0.6) is 0 Å². The van der Waals surface area contributed by atoms with Crippen molar-refractivity contribution in [3.8, 4) is 0 Å². The van der Waals surface area contributed by atoms with E-state index in [9.17, 15) is 0 Å². The van der Waals surface area contributed by atoms with E-state index in [1.165, 1.54) is 17.5 Å². The van der Waals surface area contributed by atoms with E-state index in [-0.39, 0.29) is 0 Å². The highest BCUT2D eigenvalue weighted by Gasteiger charge is 2.12. The van der Waals surface area contributed by atoms with Gasteiger partial charge in [-0.3, -0.25) is 0 Å². The summed E-state index contributed by atoms with van der Waals surface area (Å²) in [7, 11) is 0. The zero-order valence-electron chi connectivity index (χ0n) is 13.1. The summed E-state index contributed by atoms with van der Waals surface area (Å²) < 4.78 is 5.40. The van der Waals surface area contributed by atoms with Crippen LogP contribution in [0.25, 0.3) is 0 Å². The lowest BCUT2D eigenvalue weighted by Crippen LogP contribution is -2.22. The van der Waals surface area contributed by atoms with Crippen LogP contribution < -0.4 is 5.32 Å². The highest BCUT2D eigenvalue weighted by Crippen LogP contribution is 2.24. The quantitative estimate of drug-likeness (QED) is 0.735. The fourth-order valence-electron chi connectivity index (χ4n) is 2.28. The van der Waals surface area contributed by atoms with E-state index in [1.807, 2.05) is 6.92 Å². The first kappa shape index (κ1) is 16.1. The van der Waals surface area contributed by atoms with Crippen molar-refractivity contribution in [1.82, 2.24) is 10.3 Å². The molecule has 0 bridgehead atoms. The number of rotatable bonds is 8. The minimum atomic E-state index is 0.322. The largest absolute Gasteiger partial charge is 0.440 e. The van der Waals surface area contributed by atoms with Gasteiger partial charge in [0, 0.05) is 11.8 Å². The molecule has 0 saturated heterocycles. The van der Waals surface area contributed by atoms with Gasteiger partial charge in [-0.1, -0.05) is 56.3 Å². The van der Waals surface area contributed by atoms with Crippen LogP contribution in [0.2, 0.25) is 0 Å². The van der Waals surface area contributed by atoms with Crippen molar-refractivity contribution in [2.75, 3.05) is 12.3 Å². The predicted octanol–water partition coefficient (Wildman–Crippen LogP) is 4.38. The summed E-state index contributed by atoms with van der Waals surface area (Å²) in [5.41, 5.74) is 3.67. The van der Waals surface area contributed by atoms with Crippen LogP contribution in [0, 0.1) is 6.92 Å². The number of aryl methyl sites for hydroxylation is 2. The van der Waals surface area contributed by atoms with Gasteiger partial charge in [-0.25, -0.2) is 4.98 Å². The van der Waals surface area contributed by atoms with Gasteiger partial charge in [0.2, 0.25) is 0 Å². The van der Waals surface area contributed by atoms with Crippen molar-refractivity contribution in [1.29, 1.82) is 0 Å². The van der Waals surface area contributed by atoms with Crippen molar-refractivity contribution < 1.29 is 4.42 Å². The summed E-state index contributed by atoms with van der Waals surface area (Å²) in [5.74, 6) is 0.918.